The van der Waals surface area contributed by atoms with E-state index < -0.39 is 10.0 Å². The van der Waals surface area contributed by atoms with Crippen LogP contribution in [-0.2, 0) is 14.8 Å². The highest BCUT2D eigenvalue weighted by atomic mass is 32.2. The van der Waals surface area contributed by atoms with Crippen molar-refractivity contribution in [1.82, 2.24) is 9.21 Å². The zero-order valence-corrected chi connectivity index (χ0v) is 15.6. The molecule has 0 saturated carbocycles. The van der Waals surface area contributed by atoms with Gasteiger partial charge in [-0.3, -0.25) is 4.79 Å². The molecule has 0 aromatic heterocycles. The fraction of sp³-hybridized carbons (Fsp3) is 0.562. The SMILES string of the molecule is CCN1CCN(S(=O)(=O)c2ccc3c(c2)NC(=O)CC(C)S3)CC1. The second kappa shape index (κ2) is 7.03. The van der Waals surface area contributed by atoms with Crippen LogP contribution < -0.4 is 5.32 Å². The number of fused-ring (bicyclic) bond motifs is 1. The monoisotopic (exact) mass is 369 g/mol. The maximum atomic E-state index is 12.9. The maximum Gasteiger partial charge on any atom is 0.243 e. The molecule has 1 atom stereocenters. The Morgan fingerprint density at radius 2 is 1.96 bits per heavy atom. The molecule has 0 spiro atoms. The minimum atomic E-state index is -3.52. The van der Waals surface area contributed by atoms with Gasteiger partial charge in [-0.15, -0.1) is 11.8 Å². The first kappa shape index (κ1) is 17.7. The van der Waals surface area contributed by atoms with Crippen LogP contribution in [0.4, 0.5) is 5.69 Å². The normalized spacial score (nSPS) is 23.4. The second-order valence-corrected chi connectivity index (χ2v) is 9.60. The lowest BCUT2D eigenvalue weighted by molar-refractivity contribution is -0.116. The summed E-state index contributed by atoms with van der Waals surface area (Å²) in [4.78, 5) is 15.3. The fourth-order valence-electron chi connectivity index (χ4n) is 3.03. The van der Waals surface area contributed by atoms with Crippen LogP contribution in [0.1, 0.15) is 20.3 Å². The summed E-state index contributed by atoms with van der Waals surface area (Å²) >= 11 is 1.60. The number of hydrogen-bond acceptors (Lipinski definition) is 5. The standard InChI is InChI=1S/C16H23N3O3S2/c1-3-18-6-8-19(9-7-18)24(21,22)13-4-5-15-14(11-13)17-16(20)10-12(2)23-15/h4-5,11-12H,3,6-10H2,1-2H3,(H,17,20). The van der Waals surface area contributed by atoms with Gasteiger partial charge < -0.3 is 10.2 Å². The number of benzene rings is 1. The number of carbonyl (C=O) groups is 1. The van der Waals surface area contributed by atoms with Crippen LogP contribution >= 0.6 is 11.8 Å². The molecule has 0 aliphatic carbocycles. The number of hydrogen-bond donors (Lipinski definition) is 1. The zero-order valence-electron chi connectivity index (χ0n) is 14.0. The summed E-state index contributed by atoms with van der Waals surface area (Å²) in [5, 5.41) is 3.01. The first-order valence-corrected chi connectivity index (χ1v) is 10.5. The largest absolute Gasteiger partial charge is 0.325 e. The van der Waals surface area contributed by atoms with Gasteiger partial charge in [0.25, 0.3) is 0 Å². The molecule has 1 fully saturated rings. The third-order valence-corrected chi connectivity index (χ3v) is 7.52. The molecule has 1 aromatic rings. The quantitative estimate of drug-likeness (QED) is 0.880. The van der Waals surface area contributed by atoms with Gasteiger partial charge in [0.05, 0.1) is 10.6 Å². The lowest BCUT2D eigenvalue weighted by Crippen LogP contribution is -2.48. The molecule has 1 amide bonds. The molecule has 1 unspecified atom stereocenters. The van der Waals surface area contributed by atoms with Crippen molar-refractivity contribution in [3.8, 4) is 0 Å². The topological polar surface area (TPSA) is 69.7 Å². The predicted molar refractivity (Wildman–Crippen MR) is 95.9 cm³/mol. The van der Waals surface area contributed by atoms with Crippen LogP contribution in [0.3, 0.4) is 0 Å². The molecule has 132 valence electrons. The van der Waals surface area contributed by atoms with Crippen molar-refractivity contribution in [2.75, 3.05) is 38.0 Å². The molecule has 0 radical (unpaired) electrons. The summed E-state index contributed by atoms with van der Waals surface area (Å²) in [7, 11) is -3.52. The Kier molecular flexibility index (Phi) is 5.19. The van der Waals surface area contributed by atoms with Crippen LogP contribution in [0.25, 0.3) is 0 Å². The molecule has 1 N–H and O–H groups in total. The Hall–Kier alpha value is -1.09. The summed E-state index contributed by atoms with van der Waals surface area (Å²) in [6.07, 6.45) is 0.431. The molecule has 1 saturated heterocycles. The summed E-state index contributed by atoms with van der Waals surface area (Å²) in [6, 6.07) is 5.05. The second-order valence-electron chi connectivity index (χ2n) is 6.18. The lowest BCUT2D eigenvalue weighted by Gasteiger charge is -2.33. The third-order valence-electron chi connectivity index (χ3n) is 4.44. The van der Waals surface area contributed by atoms with E-state index in [9.17, 15) is 13.2 Å². The number of rotatable bonds is 3. The summed E-state index contributed by atoms with van der Waals surface area (Å²) in [5.74, 6) is -0.0696. The number of nitrogens with zero attached hydrogens (tertiary/aromatic N) is 2. The van der Waals surface area contributed by atoms with Gasteiger partial charge in [-0.25, -0.2) is 8.42 Å². The molecule has 6 nitrogen and oxygen atoms in total. The van der Waals surface area contributed by atoms with E-state index in [-0.39, 0.29) is 16.1 Å². The van der Waals surface area contributed by atoms with Gasteiger partial charge in [0, 0.05) is 42.7 Å². The van der Waals surface area contributed by atoms with E-state index in [1.807, 2.05) is 6.92 Å². The van der Waals surface area contributed by atoms with Gasteiger partial charge in [-0.1, -0.05) is 13.8 Å². The van der Waals surface area contributed by atoms with E-state index in [0.717, 1.165) is 24.5 Å². The minimum Gasteiger partial charge on any atom is -0.325 e. The molecule has 2 heterocycles. The van der Waals surface area contributed by atoms with Crippen molar-refractivity contribution in [3.05, 3.63) is 18.2 Å². The van der Waals surface area contributed by atoms with Gasteiger partial charge >= 0.3 is 0 Å². The summed E-state index contributed by atoms with van der Waals surface area (Å²) in [5.41, 5.74) is 0.600. The molecule has 8 heteroatoms. The molecule has 2 aliphatic heterocycles. The Morgan fingerprint density at radius 1 is 1.25 bits per heavy atom. The van der Waals surface area contributed by atoms with Crippen molar-refractivity contribution < 1.29 is 13.2 Å². The Balaban J connectivity index is 1.86. The van der Waals surface area contributed by atoms with Crippen LogP contribution in [0.5, 0.6) is 0 Å². The van der Waals surface area contributed by atoms with Gasteiger partial charge in [0.15, 0.2) is 0 Å². The maximum absolute atomic E-state index is 12.9. The third kappa shape index (κ3) is 3.61. The fourth-order valence-corrected chi connectivity index (χ4v) is 5.53. The molecule has 3 rings (SSSR count). The first-order chi connectivity index (χ1) is 11.4. The van der Waals surface area contributed by atoms with Crippen LogP contribution in [0.2, 0.25) is 0 Å². The molecular formula is C16H23N3O3S2. The Morgan fingerprint density at radius 3 is 2.62 bits per heavy atom. The molecule has 1 aromatic carbocycles. The summed E-state index contributed by atoms with van der Waals surface area (Å²) in [6.45, 7) is 7.54. The highest BCUT2D eigenvalue weighted by Gasteiger charge is 2.29. The molecule has 2 aliphatic rings. The zero-order chi connectivity index (χ0) is 17.3. The average Bonchev–Trinajstić information content (AvgIpc) is 2.70. The molecule has 0 bridgehead atoms. The van der Waals surface area contributed by atoms with Crippen molar-refractivity contribution >= 4 is 33.4 Å². The first-order valence-electron chi connectivity index (χ1n) is 8.23. The van der Waals surface area contributed by atoms with Crippen molar-refractivity contribution in [2.45, 2.75) is 35.3 Å². The van der Waals surface area contributed by atoms with Crippen molar-refractivity contribution in [1.29, 1.82) is 0 Å². The number of piperazine rings is 1. The van der Waals surface area contributed by atoms with Crippen LogP contribution in [0, 0.1) is 0 Å². The van der Waals surface area contributed by atoms with Crippen molar-refractivity contribution in [2.24, 2.45) is 0 Å². The highest BCUT2D eigenvalue weighted by Crippen LogP contribution is 2.36. The Labute approximate surface area is 147 Å². The molecular weight excluding hydrogens is 346 g/mol. The van der Waals surface area contributed by atoms with E-state index >= 15 is 0 Å². The smallest absolute Gasteiger partial charge is 0.243 e. The molecule has 24 heavy (non-hydrogen) atoms. The van der Waals surface area contributed by atoms with Crippen LogP contribution in [-0.4, -0.2) is 61.5 Å². The average molecular weight is 370 g/mol. The van der Waals surface area contributed by atoms with Crippen LogP contribution in [0.15, 0.2) is 28.0 Å². The highest BCUT2D eigenvalue weighted by molar-refractivity contribution is 8.00. The number of thioether (sulfide) groups is 1. The van der Waals surface area contributed by atoms with E-state index in [1.165, 1.54) is 4.31 Å². The van der Waals surface area contributed by atoms with Gasteiger partial charge in [0.2, 0.25) is 15.9 Å². The minimum absolute atomic E-state index is 0.0696. The number of anilines is 1. The number of amides is 1. The number of sulfonamides is 1. The van der Waals surface area contributed by atoms with Crippen molar-refractivity contribution in [3.63, 3.8) is 0 Å². The van der Waals surface area contributed by atoms with Gasteiger partial charge in [-0.05, 0) is 24.7 Å². The van der Waals surface area contributed by atoms with E-state index in [1.54, 1.807) is 30.0 Å². The van der Waals surface area contributed by atoms with Gasteiger partial charge in [0.1, 0.15) is 0 Å². The number of carbonyl (C=O) groups excluding carboxylic acids is 1. The van der Waals surface area contributed by atoms with E-state index in [4.69, 9.17) is 0 Å². The lowest BCUT2D eigenvalue weighted by atomic mass is 10.3. The van der Waals surface area contributed by atoms with Gasteiger partial charge in [-0.2, -0.15) is 4.31 Å². The summed E-state index contributed by atoms with van der Waals surface area (Å²) < 4.78 is 27.3. The number of nitrogens with one attached hydrogen (secondary N) is 1. The predicted octanol–water partition coefficient (Wildman–Crippen LogP) is 1.84. The number of likely N-dealkylation sites (N-methyl/N-ethyl adjacent to an activating group) is 1. The van der Waals surface area contributed by atoms with E-state index in [0.29, 0.717) is 25.2 Å². The van der Waals surface area contributed by atoms with E-state index in [2.05, 4.69) is 17.1 Å². The Bertz CT molecular complexity index is 728.